The number of carbonyl (C=O) groups is 1. The van der Waals surface area contributed by atoms with E-state index in [9.17, 15) is 19.3 Å². The molecule has 2 amide bonds. The Morgan fingerprint density at radius 3 is 2.76 bits per heavy atom. The first-order valence-electron chi connectivity index (χ1n) is 4.72. The Balaban J connectivity index is 2.64. The molecular formula is C9H11FN4O3. The van der Waals surface area contributed by atoms with Crippen molar-refractivity contribution < 1.29 is 14.1 Å². The minimum Gasteiger partial charge on any atom is -0.378 e. The number of primary amides is 1. The number of nitrogens with two attached hydrogens (primary N) is 1. The van der Waals surface area contributed by atoms with E-state index in [1.54, 1.807) is 0 Å². The zero-order valence-corrected chi connectivity index (χ0v) is 8.77. The van der Waals surface area contributed by atoms with Gasteiger partial charge in [0, 0.05) is 13.1 Å². The number of nitrogens with zero attached hydrogens (tertiary/aromatic N) is 1. The average molecular weight is 242 g/mol. The molecule has 0 aliphatic heterocycles. The van der Waals surface area contributed by atoms with Gasteiger partial charge in [-0.2, -0.15) is 0 Å². The summed E-state index contributed by atoms with van der Waals surface area (Å²) in [6, 6.07) is 2.51. The maximum absolute atomic E-state index is 12.8. The summed E-state index contributed by atoms with van der Waals surface area (Å²) in [5.41, 5.74) is 4.66. The number of hydrogen-bond donors (Lipinski definition) is 3. The topological polar surface area (TPSA) is 110 Å². The highest BCUT2D eigenvalue weighted by Crippen LogP contribution is 2.24. The van der Waals surface area contributed by atoms with Crippen LogP contribution in [0.4, 0.5) is 20.6 Å². The number of halogens is 1. The lowest BCUT2D eigenvalue weighted by molar-refractivity contribution is -0.384. The van der Waals surface area contributed by atoms with Crippen molar-refractivity contribution in [1.82, 2.24) is 5.32 Å². The minimum absolute atomic E-state index is 0.183. The molecule has 0 aromatic heterocycles. The number of anilines is 1. The quantitative estimate of drug-likeness (QED) is 0.403. The van der Waals surface area contributed by atoms with Gasteiger partial charge in [0.2, 0.25) is 0 Å². The number of nitro groups is 1. The van der Waals surface area contributed by atoms with Gasteiger partial charge in [-0.15, -0.1) is 0 Å². The normalized spacial score (nSPS) is 9.71. The molecule has 0 aliphatic carbocycles. The van der Waals surface area contributed by atoms with Crippen LogP contribution in [-0.4, -0.2) is 24.0 Å². The smallest absolute Gasteiger partial charge is 0.312 e. The highest BCUT2D eigenvalue weighted by molar-refractivity contribution is 5.71. The Kier molecular flexibility index (Phi) is 4.21. The molecule has 0 fully saturated rings. The number of amides is 2. The van der Waals surface area contributed by atoms with Gasteiger partial charge in [0.05, 0.1) is 11.0 Å². The predicted octanol–water partition coefficient (Wildman–Crippen LogP) is 0.814. The molecule has 0 unspecified atom stereocenters. The van der Waals surface area contributed by atoms with Gasteiger partial charge >= 0.3 is 6.03 Å². The highest BCUT2D eigenvalue weighted by atomic mass is 19.1. The van der Waals surface area contributed by atoms with Crippen molar-refractivity contribution in [1.29, 1.82) is 0 Å². The molecule has 0 saturated carbocycles. The van der Waals surface area contributed by atoms with Crippen molar-refractivity contribution in [2.24, 2.45) is 5.73 Å². The zero-order valence-electron chi connectivity index (χ0n) is 8.77. The second-order valence-electron chi connectivity index (χ2n) is 3.14. The van der Waals surface area contributed by atoms with E-state index in [1.807, 2.05) is 0 Å². The summed E-state index contributed by atoms with van der Waals surface area (Å²) < 4.78 is 12.8. The lowest BCUT2D eigenvalue weighted by atomic mass is 10.2. The van der Waals surface area contributed by atoms with Gasteiger partial charge < -0.3 is 16.4 Å². The van der Waals surface area contributed by atoms with E-state index in [0.717, 1.165) is 12.1 Å². The number of nitro benzene ring substituents is 1. The second kappa shape index (κ2) is 5.64. The van der Waals surface area contributed by atoms with E-state index < -0.39 is 16.8 Å². The third kappa shape index (κ3) is 3.93. The zero-order chi connectivity index (χ0) is 12.8. The summed E-state index contributed by atoms with van der Waals surface area (Å²) in [5, 5.41) is 15.6. The van der Waals surface area contributed by atoms with Crippen LogP contribution in [-0.2, 0) is 0 Å². The fraction of sp³-hybridized carbons (Fsp3) is 0.222. The van der Waals surface area contributed by atoms with Crippen LogP contribution in [0.25, 0.3) is 0 Å². The predicted molar refractivity (Wildman–Crippen MR) is 59.1 cm³/mol. The van der Waals surface area contributed by atoms with Gasteiger partial charge in [0.25, 0.3) is 5.69 Å². The van der Waals surface area contributed by atoms with Crippen LogP contribution < -0.4 is 16.4 Å². The van der Waals surface area contributed by atoms with Gasteiger partial charge in [0.15, 0.2) is 0 Å². The SMILES string of the molecule is NC(=O)NCCNc1ccc(F)cc1[N+](=O)[O-]. The van der Waals surface area contributed by atoms with Gasteiger partial charge in [-0.05, 0) is 12.1 Å². The van der Waals surface area contributed by atoms with Crippen molar-refractivity contribution in [3.63, 3.8) is 0 Å². The molecule has 1 aromatic carbocycles. The number of benzene rings is 1. The van der Waals surface area contributed by atoms with Crippen LogP contribution in [0.5, 0.6) is 0 Å². The van der Waals surface area contributed by atoms with E-state index in [1.165, 1.54) is 6.07 Å². The van der Waals surface area contributed by atoms with Crippen LogP contribution in [0.3, 0.4) is 0 Å². The van der Waals surface area contributed by atoms with Crippen molar-refractivity contribution in [3.05, 3.63) is 34.1 Å². The molecule has 0 aliphatic rings. The molecule has 0 spiro atoms. The van der Waals surface area contributed by atoms with Crippen LogP contribution in [0, 0.1) is 15.9 Å². The number of nitrogens with one attached hydrogen (secondary N) is 2. The van der Waals surface area contributed by atoms with E-state index in [4.69, 9.17) is 5.73 Å². The number of carbonyl (C=O) groups excluding carboxylic acids is 1. The lowest BCUT2D eigenvalue weighted by Gasteiger charge is -2.07. The maximum Gasteiger partial charge on any atom is 0.312 e. The summed E-state index contributed by atoms with van der Waals surface area (Å²) in [4.78, 5) is 20.3. The molecule has 92 valence electrons. The molecule has 0 radical (unpaired) electrons. The van der Waals surface area contributed by atoms with Crippen molar-refractivity contribution in [2.75, 3.05) is 18.4 Å². The summed E-state index contributed by atoms with van der Waals surface area (Å²) in [6.45, 7) is 0.458. The Morgan fingerprint density at radius 1 is 1.47 bits per heavy atom. The van der Waals surface area contributed by atoms with Crippen molar-refractivity contribution in [2.45, 2.75) is 0 Å². The average Bonchev–Trinajstić information content (AvgIpc) is 2.25. The van der Waals surface area contributed by atoms with E-state index in [0.29, 0.717) is 0 Å². The highest BCUT2D eigenvalue weighted by Gasteiger charge is 2.14. The van der Waals surface area contributed by atoms with E-state index in [-0.39, 0.29) is 24.5 Å². The van der Waals surface area contributed by atoms with Crippen LogP contribution in [0.1, 0.15) is 0 Å². The number of hydrogen-bond acceptors (Lipinski definition) is 4. The molecule has 1 rings (SSSR count). The summed E-state index contributed by atoms with van der Waals surface area (Å²) >= 11 is 0. The van der Waals surface area contributed by atoms with Crippen LogP contribution >= 0.6 is 0 Å². The fourth-order valence-corrected chi connectivity index (χ4v) is 1.19. The molecule has 4 N–H and O–H groups in total. The van der Waals surface area contributed by atoms with Gasteiger partial charge in [-0.3, -0.25) is 10.1 Å². The molecule has 17 heavy (non-hydrogen) atoms. The van der Waals surface area contributed by atoms with Crippen molar-refractivity contribution >= 4 is 17.4 Å². The number of urea groups is 1. The minimum atomic E-state index is -0.688. The molecular weight excluding hydrogens is 231 g/mol. The number of rotatable bonds is 5. The first-order chi connectivity index (χ1) is 8.00. The Bertz CT molecular complexity index is 438. The first-order valence-corrected chi connectivity index (χ1v) is 4.72. The molecule has 0 heterocycles. The first kappa shape index (κ1) is 12.7. The molecule has 1 aromatic rings. The Hall–Kier alpha value is -2.38. The Labute approximate surface area is 95.9 Å². The van der Waals surface area contributed by atoms with Crippen molar-refractivity contribution in [3.8, 4) is 0 Å². The maximum atomic E-state index is 12.8. The van der Waals surface area contributed by atoms with E-state index >= 15 is 0 Å². The summed E-state index contributed by atoms with van der Waals surface area (Å²) in [5.74, 6) is -0.683. The second-order valence-corrected chi connectivity index (χ2v) is 3.14. The third-order valence-corrected chi connectivity index (χ3v) is 1.90. The van der Waals surface area contributed by atoms with Gasteiger partial charge in [-0.1, -0.05) is 0 Å². The standard InChI is InChI=1S/C9H11FN4O3/c10-6-1-2-7(8(5-6)14(16)17)12-3-4-13-9(11)15/h1-2,5,12H,3-4H2,(H3,11,13,15). The van der Waals surface area contributed by atoms with E-state index in [2.05, 4.69) is 10.6 Å². The monoisotopic (exact) mass is 242 g/mol. The van der Waals surface area contributed by atoms with Gasteiger partial charge in [-0.25, -0.2) is 9.18 Å². The third-order valence-electron chi connectivity index (χ3n) is 1.90. The largest absolute Gasteiger partial charge is 0.378 e. The molecule has 8 heteroatoms. The van der Waals surface area contributed by atoms with Crippen LogP contribution in [0.15, 0.2) is 18.2 Å². The molecule has 0 saturated heterocycles. The molecule has 0 atom stereocenters. The fourth-order valence-electron chi connectivity index (χ4n) is 1.19. The molecule has 0 bridgehead atoms. The van der Waals surface area contributed by atoms with Gasteiger partial charge in [0.1, 0.15) is 11.5 Å². The summed E-state index contributed by atoms with van der Waals surface area (Å²) in [6.07, 6.45) is 0. The van der Waals surface area contributed by atoms with Crippen LogP contribution in [0.2, 0.25) is 0 Å². The summed E-state index contributed by atoms with van der Waals surface area (Å²) in [7, 11) is 0. The molecule has 7 nitrogen and oxygen atoms in total. The lowest BCUT2D eigenvalue weighted by Crippen LogP contribution is -2.33. The Morgan fingerprint density at radius 2 is 2.18 bits per heavy atom.